The molecule has 160 valence electrons. The van der Waals surface area contributed by atoms with Crippen LogP contribution in [0.3, 0.4) is 0 Å². The highest BCUT2D eigenvalue weighted by molar-refractivity contribution is 5.96. The van der Waals surface area contributed by atoms with Gasteiger partial charge in [0.1, 0.15) is 5.75 Å². The Morgan fingerprint density at radius 1 is 1.00 bits per heavy atom. The van der Waals surface area contributed by atoms with Crippen molar-refractivity contribution in [3.05, 3.63) is 82.9 Å². The topological polar surface area (TPSA) is 29.5 Å². The van der Waals surface area contributed by atoms with Crippen molar-refractivity contribution in [2.24, 2.45) is 0 Å². The van der Waals surface area contributed by atoms with Crippen LogP contribution in [-0.2, 0) is 11.2 Å². The van der Waals surface area contributed by atoms with E-state index >= 15 is 0 Å². The minimum atomic E-state index is 0.187. The van der Waals surface area contributed by atoms with Crippen molar-refractivity contribution in [3.8, 4) is 16.9 Å². The van der Waals surface area contributed by atoms with Crippen molar-refractivity contribution < 1.29 is 9.53 Å². The van der Waals surface area contributed by atoms with Crippen molar-refractivity contribution in [1.82, 2.24) is 0 Å². The van der Waals surface area contributed by atoms with Crippen LogP contribution in [0.4, 0.5) is 5.69 Å². The molecule has 1 aliphatic heterocycles. The van der Waals surface area contributed by atoms with Crippen LogP contribution in [0.5, 0.6) is 5.75 Å². The molecule has 4 rings (SSSR count). The molecule has 0 bridgehead atoms. The lowest BCUT2D eigenvalue weighted by molar-refractivity contribution is -0.118. The fraction of sp³-hybridized carbons (Fsp3) is 0.321. The van der Waals surface area contributed by atoms with Gasteiger partial charge in [0.05, 0.1) is 6.61 Å². The Morgan fingerprint density at radius 3 is 2.65 bits per heavy atom. The predicted molar refractivity (Wildman–Crippen MR) is 128 cm³/mol. The van der Waals surface area contributed by atoms with Gasteiger partial charge in [0.15, 0.2) is 0 Å². The summed E-state index contributed by atoms with van der Waals surface area (Å²) >= 11 is 0. The number of carbonyl (C=O) groups is 1. The minimum Gasteiger partial charge on any atom is -0.493 e. The SMILES string of the molecule is Cc1cccc(-c2cccc3c2CCCN3C(=O)CCCOc2cccc(C)c2C)c1. The Bertz CT molecular complexity index is 1090. The Balaban J connectivity index is 1.44. The van der Waals surface area contributed by atoms with E-state index in [0.717, 1.165) is 37.2 Å². The van der Waals surface area contributed by atoms with Gasteiger partial charge in [0, 0.05) is 18.7 Å². The predicted octanol–water partition coefficient (Wildman–Crippen LogP) is 6.42. The molecular weight excluding hydrogens is 382 g/mol. The van der Waals surface area contributed by atoms with Crippen molar-refractivity contribution >= 4 is 11.6 Å². The molecule has 0 radical (unpaired) electrons. The summed E-state index contributed by atoms with van der Waals surface area (Å²) in [4.78, 5) is 15.0. The molecule has 0 spiro atoms. The molecule has 0 saturated carbocycles. The van der Waals surface area contributed by atoms with Crippen LogP contribution >= 0.6 is 0 Å². The maximum atomic E-state index is 13.1. The Hall–Kier alpha value is -3.07. The van der Waals surface area contributed by atoms with Gasteiger partial charge >= 0.3 is 0 Å². The normalized spacial score (nSPS) is 13.1. The largest absolute Gasteiger partial charge is 0.493 e. The van der Waals surface area contributed by atoms with Crippen LogP contribution in [0, 0.1) is 20.8 Å². The summed E-state index contributed by atoms with van der Waals surface area (Å²) in [5.41, 5.74) is 8.49. The van der Waals surface area contributed by atoms with Crippen LogP contribution in [0.25, 0.3) is 11.1 Å². The van der Waals surface area contributed by atoms with Crippen molar-refractivity contribution in [3.63, 3.8) is 0 Å². The zero-order valence-electron chi connectivity index (χ0n) is 18.8. The smallest absolute Gasteiger partial charge is 0.227 e. The summed E-state index contributed by atoms with van der Waals surface area (Å²) in [5, 5.41) is 0. The van der Waals surface area contributed by atoms with Gasteiger partial charge in [0.25, 0.3) is 0 Å². The Labute approximate surface area is 185 Å². The van der Waals surface area contributed by atoms with E-state index in [1.165, 1.54) is 33.4 Å². The fourth-order valence-electron chi connectivity index (χ4n) is 4.39. The highest BCUT2D eigenvalue weighted by atomic mass is 16.5. The van der Waals surface area contributed by atoms with E-state index in [1.807, 2.05) is 17.0 Å². The van der Waals surface area contributed by atoms with E-state index in [2.05, 4.69) is 69.3 Å². The van der Waals surface area contributed by atoms with Crippen molar-refractivity contribution in [1.29, 1.82) is 0 Å². The Morgan fingerprint density at radius 2 is 1.81 bits per heavy atom. The number of anilines is 1. The maximum absolute atomic E-state index is 13.1. The van der Waals surface area contributed by atoms with Crippen LogP contribution in [0.2, 0.25) is 0 Å². The molecule has 1 amide bonds. The summed E-state index contributed by atoms with van der Waals surface area (Å²) in [6, 6.07) is 21.1. The first-order valence-electron chi connectivity index (χ1n) is 11.2. The molecule has 1 aliphatic rings. The van der Waals surface area contributed by atoms with Crippen LogP contribution in [-0.4, -0.2) is 19.1 Å². The van der Waals surface area contributed by atoms with E-state index < -0.39 is 0 Å². The standard InChI is InChI=1S/C28H31NO2/c1-20-9-4-11-23(19-20)24-12-6-14-26-25(24)13-7-17-29(26)28(30)16-8-18-31-27-15-5-10-21(2)22(27)3/h4-6,9-12,14-15,19H,7-8,13,16-18H2,1-3H3. The Kier molecular flexibility index (Phi) is 6.41. The maximum Gasteiger partial charge on any atom is 0.227 e. The van der Waals surface area contributed by atoms with E-state index in [0.29, 0.717) is 13.0 Å². The number of carbonyl (C=O) groups excluding carboxylic acids is 1. The number of ether oxygens (including phenoxy) is 1. The number of benzene rings is 3. The van der Waals surface area contributed by atoms with Crippen molar-refractivity contribution in [2.45, 2.75) is 46.5 Å². The van der Waals surface area contributed by atoms with Gasteiger partial charge in [0.2, 0.25) is 5.91 Å². The van der Waals surface area contributed by atoms with E-state index in [4.69, 9.17) is 4.74 Å². The zero-order chi connectivity index (χ0) is 21.8. The molecule has 3 aromatic carbocycles. The fourth-order valence-corrected chi connectivity index (χ4v) is 4.39. The summed E-state index contributed by atoms with van der Waals surface area (Å²) in [5.74, 6) is 1.10. The van der Waals surface area contributed by atoms with E-state index in [-0.39, 0.29) is 5.91 Å². The number of amides is 1. The van der Waals surface area contributed by atoms with Gasteiger partial charge in [-0.25, -0.2) is 0 Å². The van der Waals surface area contributed by atoms with E-state index in [1.54, 1.807) is 0 Å². The first-order chi connectivity index (χ1) is 15.0. The lowest BCUT2D eigenvalue weighted by Crippen LogP contribution is -2.35. The second-order valence-corrected chi connectivity index (χ2v) is 8.47. The minimum absolute atomic E-state index is 0.187. The molecule has 0 N–H and O–H groups in total. The number of rotatable bonds is 6. The van der Waals surface area contributed by atoms with Crippen LogP contribution in [0.15, 0.2) is 60.7 Å². The van der Waals surface area contributed by atoms with Gasteiger partial charge in [-0.15, -0.1) is 0 Å². The molecule has 0 unspecified atom stereocenters. The molecule has 0 fully saturated rings. The van der Waals surface area contributed by atoms with E-state index in [9.17, 15) is 4.79 Å². The molecule has 3 heteroatoms. The highest BCUT2D eigenvalue weighted by Crippen LogP contribution is 2.36. The molecule has 0 aliphatic carbocycles. The zero-order valence-corrected chi connectivity index (χ0v) is 18.8. The molecule has 31 heavy (non-hydrogen) atoms. The summed E-state index contributed by atoms with van der Waals surface area (Å²) < 4.78 is 5.94. The highest BCUT2D eigenvalue weighted by Gasteiger charge is 2.24. The quantitative estimate of drug-likeness (QED) is 0.437. The van der Waals surface area contributed by atoms with Gasteiger partial charge in [-0.05, 0) is 80.0 Å². The van der Waals surface area contributed by atoms with Crippen LogP contribution < -0.4 is 9.64 Å². The number of aryl methyl sites for hydroxylation is 2. The lowest BCUT2D eigenvalue weighted by Gasteiger charge is -2.31. The van der Waals surface area contributed by atoms with Crippen molar-refractivity contribution in [2.75, 3.05) is 18.1 Å². The summed E-state index contributed by atoms with van der Waals surface area (Å²) in [6.07, 6.45) is 3.23. The number of hydrogen-bond donors (Lipinski definition) is 0. The third-order valence-electron chi connectivity index (χ3n) is 6.23. The first-order valence-corrected chi connectivity index (χ1v) is 11.2. The molecule has 3 nitrogen and oxygen atoms in total. The number of fused-ring (bicyclic) bond motifs is 1. The van der Waals surface area contributed by atoms with Gasteiger partial charge in [-0.1, -0.05) is 54.1 Å². The van der Waals surface area contributed by atoms with Gasteiger partial charge in [-0.3, -0.25) is 4.79 Å². The first kappa shape index (κ1) is 21.2. The molecule has 0 saturated heterocycles. The van der Waals surface area contributed by atoms with Crippen LogP contribution in [0.1, 0.15) is 41.5 Å². The molecule has 3 aromatic rings. The van der Waals surface area contributed by atoms with Gasteiger partial charge in [-0.2, -0.15) is 0 Å². The van der Waals surface area contributed by atoms with Gasteiger partial charge < -0.3 is 9.64 Å². The lowest BCUT2D eigenvalue weighted by atomic mass is 9.91. The second kappa shape index (κ2) is 9.38. The molecular formula is C28H31NO2. The molecule has 0 atom stereocenters. The molecule has 1 heterocycles. The monoisotopic (exact) mass is 413 g/mol. The third kappa shape index (κ3) is 4.66. The summed E-state index contributed by atoms with van der Waals surface area (Å²) in [7, 11) is 0. The third-order valence-corrected chi connectivity index (χ3v) is 6.23. The average molecular weight is 414 g/mol. The molecule has 0 aromatic heterocycles. The number of hydrogen-bond acceptors (Lipinski definition) is 2. The second-order valence-electron chi connectivity index (χ2n) is 8.47. The summed E-state index contributed by atoms with van der Waals surface area (Å²) in [6.45, 7) is 7.63. The average Bonchev–Trinajstić information content (AvgIpc) is 2.78. The number of nitrogens with zero attached hydrogens (tertiary/aromatic N) is 1.